The van der Waals surface area contributed by atoms with E-state index in [-0.39, 0.29) is 29.9 Å². The van der Waals surface area contributed by atoms with Crippen molar-refractivity contribution < 1.29 is 9.59 Å². The lowest BCUT2D eigenvalue weighted by atomic mass is 9.96. The second kappa shape index (κ2) is 7.68. The molecule has 1 fully saturated rings. The van der Waals surface area contributed by atoms with Gasteiger partial charge in [-0.05, 0) is 30.4 Å². The lowest BCUT2D eigenvalue weighted by molar-refractivity contribution is -0.124. The summed E-state index contributed by atoms with van der Waals surface area (Å²) >= 11 is 6.28. The number of halogens is 1. The van der Waals surface area contributed by atoms with E-state index < -0.39 is 0 Å². The minimum absolute atomic E-state index is 0.114. The smallest absolute Gasteiger partial charge is 0.318 e. The number of benzene rings is 1. The van der Waals surface area contributed by atoms with E-state index in [9.17, 15) is 9.59 Å². The number of amides is 3. The molecule has 0 radical (unpaired) electrons. The summed E-state index contributed by atoms with van der Waals surface area (Å²) in [5.41, 5.74) is 0.896. The number of likely N-dealkylation sites (tertiary alicyclic amines) is 1. The molecular formula is C17H24ClN3O2. The van der Waals surface area contributed by atoms with Gasteiger partial charge in [0.15, 0.2) is 0 Å². The van der Waals surface area contributed by atoms with Crippen molar-refractivity contribution in [2.45, 2.75) is 38.8 Å². The first kappa shape index (κ1) is 17.6. The fourth-order valence-electron chi connectivity index (χ4n) is 3.00. The molecule has 0 bridgehead atoms. The normalized spacial score (nSPS) is 18.8. The summed E-state index contributed by atoms with van der Waals surface area (Å²) in [4.78, 5) is 26.2. The first-order valence-corrected chi connectivity index (χ1v) is 8.36. The highest BCUT2D eigenvalue weighted by Crippen LogP contribution is 2.29. The minimum Gasteiger partial charge on any atom is -0.357 e. The van der Waals surface area contributed by atoms with Crippen LogP contribution >= 0.6 is 11.6 Å². The molecule has 3 amide bonds. The second-order valence-corrected chi connectivity index (χ2v) is 6.57. The van der Waals surface area contributed by atoms with Crippen molar-refractivity contribution in [1.29, 1.82) is 0 Å². The number of likely N-dealkylation sites (N-methyl/N-ethyl adjacent to an activating group) is 1. The van der Waals surface area contributed by atoms with Crippen LogP contribution in [-0.4, -0.2) is 36.5 Å². The van der Waals surface area contributed by atoms with Crippen LogP contribution in [0.15, 0.2) is 24.3 Å². The van der Waals surface area contributed by atoms with Gasteiger partial charge in [-0.1, -0.05) is 43.6 Å². The molecule has 2 N–H and O–H groups in total. The number of carbonyl (C=O) groups excluding carboxylic acids is 2. The highest BCUT2D eigenvalue weighted by Gasteiger charge is 2.35. The molecule has 2 rings (SSSR count). The fraction of sp³-hybridized carbons (Fsp3) is 0.529. The minimum atomic E-state index is -0.390. The van der Waals surface area contributed by atoms with Gasteiger partial charge < -0.3 is 15.5 Å². The van der Waals surface area contributed by atoms with Gasteiger partial charge in [-0.15, -0.1) is 0 Å². The van der Waals surface area contributed by atoms with E-state index in [1.54, 1.807) is 11.9 Å². The van der Waals surface area contributed by atoms with Crippen LogP contribution < -0.4 is 10.6 Å². The summed E-state index contributed by atoms with van der Waals surface area (Å²) in [7, 11) is 1.59. The van der Waals surface area contributed by atoms with Crippen molar-refractivity contribution in [3.8, 4) is 0 Å². The molecule has 0 aromatic heterocycles. The average Bonchev–Trinajstić information content (AvgIpc) is 3.02. The Balaban J connectivity index is 2.16. The van der Waals surface area contributed by atoms with Crippen LogP contribution in [0.5, 0.6) is 0 Å². The topological polar surface area (TPSA) is 61.4 Å². The van der Waals surface area contributed by atoms with Crippen molar-refractivity contribution in [2.24, 2.45) is 5.92 Å². The Morgan fingerprint density at radius 1 is 1.30 bits per heavy atom. The van der Waals surface area contributed by atoms with Gasteiger partial charge in [0, 0.05) is 18.6 Å². The summed E-state index contributed by atoms with van der Waals surface area (Å²) in [6.07, 6.45) is 1.54. The standard InChI is InChI=1S/C17H24ClN3O2/c1-11(2)15(12-7-4-5-8-13(12)18)20-17(23)21-10-6-9-14(21)16(22)19-3/h4-5,7-8,11,14-15H,6,9-10H2,1-3H3,(H,19,22)(H,20,23)/t14-,15-/m1/s1. The molecule has 1 aliphatic rings. The monoisotopic (exact) mass is 337 g/mol. The van der Waals surface area contributed by atoms with Gasteiger partial charge >= 0.3 is 6.03 Å². The van der Waals surface area contributed by atoms with E-state index in [0.29, 0.717) is 18.0 Å². The molecule has 1 aromatic rings. The Morgan fingerprint density at radius 3 is 2.61 bits per heavy atom. The molecule has 0 saturated carbocycles. The molecule has 1 aromatic carbocycles. The third kappa shape index (κ3) is 3.96. The predicted octanol–water partition coefficient (Wildman–Crippen LogP) is 2.96. The second-order valence-electron chi connectivity index (χ2n) is 6.16. The maximum Gasteiger partial charge on any atom is 0.318 e. The molecular weight excluding hydrogens is 314 g/mol. The van der Waals surface area contributed by atoms with E-state index in [4.69, 9.17) is 11.6 Å². The van der Waals surface area contributed by atoms with Gasteiger partial charge in [-0.3, -0.25) is 4.79 Å². The number of nitrogens with zero attached hydrogens (tertiary/aromatic N) is 1. The quantitative estimate of drug-likeness (QED) is 0.887. The molecule has 126 valence electrons. The molecule has 23 heavy (non-hydrogen) atoms. The summed E-state index contributed by atoms with van der Waals surface area (Å²) in [5, 5.41) is 6.31. The Bertz CT molecular complexity index is 577. The lowest BCUT2D eigenvalue weighted by Gasteiger charge is -2.29. The number of hydrogen-bond donors (Lipinski definition) is 2. The van der Waals surface area contributed by atoms with E-state index in [2.05, 4.69) is 10.6 Å². The third-order valence-corrected chi connectivity index (χ3v) is 4.59. The number of urea groups is 1. The van der Waals surface area contributed by atoms with Gasteiger partial charge in [0.25, 0.3) is 0 Å². The number of hydrogen-bond acceptors (Lipinski definition) is 2. The highest BCUT2D eigenvalue weighted by atomic mass is 35.5. The van der Waals surface area contributed by atoms with Crippen LogP contribution in [0.25, 0.3) is 0 Å². The number of nitrogens with one attached hydrogen (secondary N) is 2. The Morgan fingerprint density at radius 2 is 2.00 bits per heavy atom. The Hall–Kier alpha value is -1.75. The summed E-state index contributed by atoms with van der Waals surface area (Å²) < 4.78 is 0. The van der Waals surface area contributed by atoms with Gasteiger partial charge in [0.05, 0.1) is 6.04 Å². The SMILES string of the molecule is CNC(=O)[C@H]1CCCN1C(=O)N[C@@H](c1ccccc1Cl)C(C)C. The van der Waals surface area contributed by atoms with Crippen LogP contribution in [0.1, 0.15) is 38.3 Å². The molecule has 1 heterocycles. The van der Waals surface area contributed by atoms with E-state index >= 15 is 0 Å². The average molecular weight is 338 g/mol. The molecule has 2 atom stereocenters. The molecule has 1 saturated heterocycles. The highest BCUT2D eigenvalue weighted by molar-refractivity contribution is 6.31. The third-order valence-electron chi connectivity index (χ3n) is 4.25. The summed E-state index contributed by atoms with van der Waals surface area (Å²) in [6.45, 7) is 4.67. The molecule has 6 heteroatoms. The maximum atomic E-state index is 12.7. The summed E-state index contributed by atoms with van der Waals surface area (Å²) in [6, 6.07) is 6.73. The number of rotatable bonds is 4. The van der Waals surface area contributed by atoms with Crippen LogP contribution in [0.2, 0.25) is 5.02 Å². The van der Waals surface area contributed by atoms with Crippen molar-refractivity contribution in [1.82, 2.24) is 15.5 Å². The van der Waals surface area contributed by atoms with E-state index in [0.717, 1.165) is 12.0 Å². The van der Waals surface area contributed by atoms with Crippen molar-refractivity contribution in [2.75, 3.05) is 13.6 Å². The van der Waals surface area contributed by atoms with Crippen molar-refractivity contribution >= 4 is 23.5 Å². The van der Waals surface area contributed by atoms with Crippen LogP contribution in [-0.2, 0) is 4.79 Å². The van der Waals surface area contributed by atoms with Crippen molar-refractivity contribution in [3.63, 3.8) is 0 Å². The molecule has 0 aliphatic carbocycles. The summed E-state index contributed by atoms with van der Waals surface area (Å²) in [5.74, 6) is 0.0661. The Labute approximate surface area is 142 Å². The zero-order chi connectivity index (χ0) is 17.0. The maximum absolute atomic E-state index is 12.7. The molecule has 5 nitrogen and oxygen atoms in total. The first-order valence-electron chi connectivity index (χ1n) is 7.98. The fourth-order valence-corrected chi connectivity index (χ4v) is 3.25. The van der Waals surface area contributed by atoms with Crippen LogP contribution in [0.3, 0.4) is 0 Å². The van der Waals surface area contributed by atoms with Gasteiger partial charge in [0.2, 0.25) is 5.91 Å². The lowest BCUT2D eigenvalue weighted by Crippen LogP contribution is -2.50. The molecule has 0 spiro atoms. The van der Waals surface area contributed by atoms with Crippen LogP contribution in [0.4, 0.5) is 4.79 Å². The predicted molar refractivity (Wildman–Crippen MR) is 91.4 cm³/mol. The van der Waals surface area contributed by atoms with Crippen LogP contribution in [0, 0.1) is 5.92 Å². The van der Waals surface area contributed by atoms with E-state index in [1.165, 1.54) is 0 Å². The largest absolute Gasteiger partial charge is 0.357 e. The number of carbonyl (C=O) groups is 2. The molecule has 0 unspecified atom stereocenters. The zero-order valence-corrected chi connectivity index (χ0v) is 14.6. The first-order chi connectivity index (χ1) is 11.0. The van der Waals surface area contributed by atoms with E-state index in [1.807, 2.05) is 38.1 Å². The zero-order valence-electron chi connectivity index (χ0n) is 13.8. The Kier molecular flexibility index (Phi) is 5.88. The van der Waals surface area contributed by atoms with Crippen molar-refractivity contribution in [3.05, 3.63) is 34.9 Å². The van der Waals surface area contributed by atoms with Gasteiger partial charge in [-0.25, -0.2) is 4.79 Å². The van der Waals surface area contributed by atoms with Gasteiger partial charge in [0.1, 0.15) is 6.04 Å². The molecule has 1 aliphatic heterocycles. The van der Waals surface area contributed by atoms with Gasteiger partial charge in [-0.2, -0.15) is 0 Å².